The molecule has 1 aromatic carbocycles. The molecule has 180 valence electrons. The number of fused-ring (bicyclic) bond motifs is 1. The van der Waals surface area contributed by atoms with Gasteiger partial charge in [-0.25, -0.2) is 19.6 Å². The van der Waals surface area contributed by atoms with E-state index in [-0.39, 0.29) is 12.2 Å². The molecule has 35 heavy (non-hydrogen) atoms. The molecule has 11 heteroatoms. The van der Waals surface area contributed by atoms with Gasteiger partial charge < -0.3 is 14.0 Å². The lowest BCUT2D eigenvalue weighted by atomic mass is 10.0. The summed E-state index contributed by atoms with van der Waals surface area (Å²) in [6, 6.07) is 9.03. The Hall–Kier alpha value is -3.99. The molecule has 4 heterocycles. The number of methoxy groups -OCH3 is 1. The molecule has 0 saturated heterocycles. The number of ether oxygens (including phenoxy) is 2. The zero-order valence-corrected chi connectivity index (χ0v) is 18.9. The second-order valence-corrected chi connectivity index (χ2v) is 7.91. The first-order valence-corrected chi connectivity index (χ1v) is 10.8. The predicted octanol–water partition coefficient (Wildman–Crippen LogP) is 4.48. The van der Waals surface area contributed by atoms with Crippen LogP contribution in [0.1, 0.15) is 40.3 Å². The number of aromatic nitrogens is 6. The maximum Gasteiger partial charge on any atom is 0.416 e. The fraction of sp³-hybridized carbons (Fsp3) is 0.250. The van der Waals surface area contributed by atoms with Gasteiger partial charge in [0.15, 0.2) is 11.6 Å². The van der Waals surface area contributed by atoms with Crippen molar-refractivity contribution >= 4 is 12.2 Å². The zero-order chi connectivity index (χ0) is 24.6. The summed E-state index contributed by atoms with van der Waals surface area (Å²) in [6.07, 6.45) is 1.45. The second-order valence-electron chi connectivity index (χ2n) is 7.91. The van der Waals surface area contributed by atoms with E-state index >= 15 is 0 Å². The monoisotopic (exact) mass is 482 g/mol. The van der Waals surface area contributed by atoms with Crippen molar-refractivity contribution in [3.05, 3.63) is 83.1 Å². The van der Waals surface area contributed by atoms with Crippen LogP contribution in [-0.4, -0.2) is 43.0 Å². The number of rotatable bonds is 5. The number of imidazole rings is 1. The Morgan fingerprint density at radius 1 is 1.11 bits per heavy atom. The molecular formula is C24H21F3N6O2. The van der Waals surface area contributed by atoms with Gasteiger partial charge in [0, 0.05) is 11.8 Å². The Bertz CT molecular complexity index is 1390. The summed E-state index contributed by atoms with van der Waals surface area (Å²) in [7, 11) is 1.53. The van der Waals surface area contributed by atoms with Gasteiger partial charge in [0.05, 0.1) is 43.5 Å². The van der Waals surface area contributed by atoms with Crippen LogP contribution >= 0.6 is 0 Å². The van der Waals surface area contributed by atoms with E-state index in [4.69, 9.17) is 9.47 Å². The van der Waals surface area contributed by atoms with Crippen LogP contribution in [0.5, 0.6) is 5.88 Å². The van der Waals surface area contributed by atoms with Gasteiger partial charge in [-0.2, -0.15) is 18.3 Å². The fourth-order valence-corrected chi connectivity index (χ4v) is 3.95. The summed E-state index contributed by atoms with van der Waals surface area (Å²) in [5, 5.41) is 4.43. The van der Waals surface area contributed by atoms with E-state index in [1.165, 1.54) is 19.2 Å². The standard InChI is InChI=1S/C24H21F3N6O2/c1-15-13-32(14-28-15)19-9-7-16(29-23(19)34-2)8-10-20-30-22-21(35-12-11-33(22)31-20)17-5-3-4-6-18(17)24(25,26)27/h3-10,13-14,21H,11-12H2,1-2H3/b10-8+. The summed E-state index contributed by atoms with van der Waals surface area (Å²) in [5.41, 5.74) is 1.48. The van der Waals surface area contributed by atoms with Gasteiger partial charge in [-0.05, 0) is 37.3 Å². The smallest absolute Gasteiger partial charge is 0.416 e. The van der Waals surface area contributed by atoms with Crippen LogP contribution in [0.25, 0.3) is 17.8 Å². The Balaban J connectivity index is 1.43. The van der Waals surface area contributed by atoms with E-state index < -0.39 is 17.8 Å². The second kappa shape index (κ2) is 8.99. The van der Waals surface area contributed by atoms with Gasteiger partial charge in [0.25, 0.3) is 0 Å². The van der Waals surface area contributed by atoms with Crippen molar-refractivity contribution < 1.29 is 22.6 Å². The van der Waals surface area contributed by atoms with Crippen molar-refractivity contribution in [1.82, 2.24) is 29.3 Å². The molecular weight excluding hydrogens is 461 g/mol. The normalized spacial score (nSPS) is 16.0. The van der Waals surface area contributed by atoms with E-state index in [1.54, 1.807) is 29.2 Å². The molecule has 0 aliphatic carbocycles. The molecule has 0 radical (unpaired) electrons. The highest BCUT2D eigenvalue weighted by Gasteiger charge is 2.38. The van der Waals surface area contributed by atoms with Gasteiger partial charge in [-0.1, -0.05) is 18.2 Å². The maximum absolute atomic E-state index is 13.6. The summed E-state index contributed by atoms with van der Waals surface area (Å²) >= 11 is 0. The van der Waals surface area contributed by atoms with E-state index in [2.05, 4.69) is 20.1 Å². The minimum Gasteiger partial charge on any atom is -0.479 e. The number of halogens is 3. The van der Waals surface area contributed by atoms with Crippen LogP contribution in [0.3, 0.4) is 0 Å². The summed E-state index contributed by atoms with van der Waals surface area (Å²) in [5.74, 6) is 1.08. The quantitative estimate of drug-likeness (QED) is 0.417. The molecule has 4 aromatic rings. The molecule has 1 atom stereocenters. The number of alkyl halides is 3. The van der Waals surface area contributed by atoms with Crippen molar-refractivity contribution in [2.24, 2.45) is 0 Å². The summed E-state index contributed by atoms with van der Waals surface area (Å²) in [4.78, 5) is 13.2. The number of nitrogens with zero attached hydrogens (tertiary/aromatic N) is 6. The highest BCUT2D eigenvalue weighted by atomic mass is 19.4. The Morgan fingerprint density at radius 2 is 1.94 bits per heavy atom. The zero-order valence-electron chi connectivity index (χ0n) is 18.9. The molecule has 0 fully saturated rings. The molecule has 0 bridgehead atoms. The molecule has 1 unspecified atom stereocenters. The predicted molar refractivity (Wildman–Crippen MR) is 121 cm³/mol. The molecule has 1 aliphatic rings. The molecule has 8 nitrogen and oxygen atoms in total. The highest BCUT2D eigenvalue weighted by molar-refractivity contribution is 5.65. The van der Waals surface area contributed by atoms with Crippen LogP contribution in [0.15, 0.2) is 48.9 Å². The SMILES string of the molecule is COc1nc(/C=C/c2nc3n(n2)CCOC3c2ccccc2C(F)(F)F)ccc1-n1cnc(C)c1. The number of aryl methyl sites for hydroxylation is 1. The lowest BCUT2D eigenvalue weighted by Crippen LogP contribution is -2.25. The molecule has 0 amide bonds. The minimum atomic E-state index is -4.50. The number of pyridine rings is 1. The maximum atomic E-state index is 13.6. The molecule has 0 spiro atoms. The molecule has 3 aromatic heterocycles. The molecule has 0 saturated carbocycles. The first kappa shape index (κ1) is 22.8. The average Bonchev–Trinajstić information content (AvgIpc) is 3.47. The first-order chi connectivity index (χ1) is 16.8. The van der Waals surface area contributed by atoms with Crippen molar-refractivity contribution in [3.8, 4) is 11.6 Å². The van der Waals surface area contributed by atoms with Crippen LogP contribution in [-0.2, 0) is 17.5 Å². The number of benzene rings is 1. The van der Waals surface area contributed by atoms with Crippen LogP contribution < -0.4 is 4.74 Å². The number of hydrogen-bond donors (Lipinski definition) is 0. The summed E-state index contributed by atoms with van der Waals surface area (Å²) in [6.45, 7) is 2.51. The molecule has 1 aliphatic heterocycles. The number of hydrogen-bond acceptors (Lipinski definition) is 6. The fourth-order valence-electron chi connectivity index (χ4n) is 3.95. The Labute approximate surface area is 198 Å². The van der Waals surface area contributed by atoms with Crippen molar-refractivity contribution in [3.63, 3.8) is 0 Å². The minimum absolute atomic E-state index is 0.0145. The average molecular weight is 482 g/mol. The van der Waals surface area contributed by atoms with E-state index in [1.807, 2.05) is 29.8 Å². The molecule has 0 N–H and O–H groups in total. The lowest BCUT2D eigenvalue weighted by Gasteiger charge is -2.25. The third-order valence-electron chi connectivity index (χ3n) is 5.54. The summed E-state index contributed by atoms with van der Waals surface area (Å²) < 4.78 is 55.2. The van der Waals surface area contributed by atoms with Gasteiger partial charge in [0.2, 0.25) is 5.88 Å². The third kappa shape index (κ3) is 4.54. The van der Waals surface area contributed by atoms with Gasteiger partial charge in [-0.3, -0.25) is 0 Å². The van der Waals surface area contributed by atoms with Gasteiger partial charge in [-0.15, -0.1) is 0 Å². The van der Waals surface area contributed by atoms with E-state index in [0.717, 1.165) is 17.4 Å². The highest BCUT2D eigenvalue weighted by Crippen LogP contribution is 2.38. The van der Waals surface area contributed by atoms with E-state index in [9.17, 15) is 13.2 Å². The van der Waals surface area contributed by atoms with Gasteiger partial charge in [0.1, 0.15) is 11.8 Å². The Morgan fingerprint density at radius 3 is 2.69 bits per heavy atom. The topological polar surface area (TPSA) is 79.9 Å². The van der Waals surface area contributed by atoms with Gasteiger partial charge >= 0.3 is 6.18 Å². The van der Waals surface area contributed by atoms with Crippen LogP contribution in [0, 0.1) is 6.92 Å². The largest absolute Gasteiger partial charge is 0.479 e. The van der Waals surface area contributed by atoms with E-state index in [0.29, 0.717) is 29.8 Å². The third-order valence-corrected chi connectivity index (χ3v) is 5.54. The molecule has 5 rings (SSSR count). The van der Waals surface area contributed by atoms with Crippen molar-refractivity contribution in [2.45, 2.75) is 25.7 Å². The van der Waals surface area contributed by atoms with Crippen LogP contribution in [0.2, 0.25) is 0 Å². The Kier molecular flexibility index (Phi) is 5.85. The van der Waals surface area contributed by atoms with Crippen molar-refractivity contribution in [1.29, 1.82) is 0 Å². The van der Waals surface area contributed by atoms with Crippen LogP contribution in [0.4, 0.5) is 13.2 Å². The van der Waals surface area contributed by atoms with Crippen molar-refractivity contribution in [2.75, 3.05) is 13.7 Å². The lowest BCUT2D eigenvalue weighted by molar-refractivity contribution is -0.139. The first-order valence-electron chi connectivity index (χ1n) is 10.8.